The zero-order valence-corrected chi connectivity index (χ0v) is 9.79. The molecule has 1 aliphatic rings. The van der Waals surface area contributed by atoms with E-state index in [0.29, 0.717) is 17.4 Å². The Labute approximate surface area is 92.3 Å². The number of rotatable bonds is 5. The predicted octanol–water partition coefficient (Wildman–Crippen LogP) is 1.70. The molecule has 1 heterocycles. The number of hydrogen-bond donors (Lipinski definition) is 0. The SMILES string of the molecule is COC(=O)CCC(=O)CC1SCCS1. The van der Waals surface area contributed by atoms with Crippen molar-refractivity contribution < 1.29 is 14.3 Å². The number of methoxy groups -OCH3 is 1. The third kappa shape index (κ3) is 4.37. The molecule has 0 saturated carbocycles. The van der Waals surface area contributed by atoms with E-state index in [-0.39, 0.29) is 18.2 Å². The van der Waals surface area contributed by atoms with Gasteiger partial charge < -0.3 is 4.74 Å². The Morgan fingerprint density at radius 2 is 1.93 bits per heavy atom. The van der Waals surface area contributed by atoms with Gasteiger partial charge in [-0.1, -0.05) is 0 Å². The summed E-state index contributed by atoms with van der Waals surface area (Å²) in [5.41, 5.74) is 0. The van der Waals surface area contributed by atoms with Gasteiger partial charge in [0.15, 0.2) is 0 Å². The molecule has 0 aromatic carbocycles. The van der Waals surface area contributed by atoms with Gasteiger partial charge in [-0.25, -0.2) is 0 Å². The molecule has 0 aromatic heterocycles. The maximum absolute atomic E-state index is 11.4. The molecule has 0 bridgehead atoms. The molecule has 14 heavy (non-hydrogen) atoms. The molecule has 1 saturated heterocycles. The molecule has 5 heteroatoms. The zero-order chi connectivity index (χ0) is 10.4. The number of carbonyl (C=O) groups excluding carboxylic acids is 2. The highest BCUT2D eigenvalue weighted by atomic mass is 32.2. The second kappa shape index (κ2) is 6.35. The molecule has 80 valence electrons. The van der Waals surface area contributed by atoms with Gasteiger partial charge in [0.25, 0.3) is 0 Å². The molecule has 1 aliphatic heterocycles. The van der Waals surface area contributed by atoms with Gasteiger partial charge in [-0.2, -0.15) is 0 Å². The lowest BCUT2D eigenvalue weighted by Gasteiger charge is -2.05. The van der Waals surface area contributed by atoms with Crippen molar-refractivity contribution in [3.05, 3.63) is 0 Å². The second-order valence-corrected chi connectivity index (χ2v) is 5.91. The summed E-state index contributed by atoms with van der Waals surface area (Å²) in [6.45, 7) is 0. The van der Waals surface area contributed by atoms with Crippen LogP contribution in [-0.2, 0) is 14.3 Å². The summed E-state index contributed by atoms with van der Waals surface area (Å²) in [7, 11) is 1.34. The Balaban J connectivity index is 2.12. The summed E-state index contributed by atoms with van der Waals surface area (Å²) in [4.78, 5) is 22.2. The highest BCUT2D eigenvalue weighted by Gasteiger charge is 2.19. The fourth-order valence-electron chi connectivity index (χ4n) is 1.16. The van der Waals surface area contributed by atoms with Crippen molar-refractivity contribution in [3.8, 4) is 0 Å². The average Bonchev–Trinajstić information content (AvgIpc) is 2.66. The van der Waals surface area contributed by atoms with Crippen LogP contribution in [0.4, 0.5) is 0 Å². The Kier molecular flexibility index (Phi) is 5.40. The van der Waals surface area contributed by atoms with Crippen LogP contribution in [0.2, 0.25) is 0 Å². The van der Waals surface area contributed by atoms with Crippen LogP contribution in [0.15, 0.2) is 0 Å². The van der Waals surface area contributed by atoms with Crippen molar-refractivity contribution in [3.63, 3.8) is 0 Å². The Morgan fingerprint density at radius 3 is 2.50 bits per heavy atom. The smallest absolute Gasteiger partial charge is 0.305 e. The zero-order valence-electron chi connectivity index (χ0n) is 8.15. The van der Waals surface area contributed by atoms with Crippen LogP contribution in [0.5, 0.6) is 0 Å². The van der Waals surface area contributed by atoms with E-state index in [1.165, 1.54) is 7.11 Å². The molecular weight excluding hydrogens is 220 g/mol. The van der Waals surface area contributed by atoms with Crippen molar-refractivity contribution in [2.45, 2.75) is 23.8 Å². The molecule has 0 radical (unpaired) electrons. The van der Waals surface area contributed by atoms with E-state index >= 15 is 0 Å². The Morgan fingerprint density at radius 1 is 1.29 bits per heavy atom. The van der Waals surface area contributed by atoms with Crippen LogP contribution in [0.3, 0.4) is 0 Å². The van der Waals surface area contributed by atoms with Crippen LogP contribution >= 0.6 is 23.5 Å². The van der Waals surface area contributed by atoms with Crippen LogP contribution in [0.1, 0.15) is 19.3 Å². The van der Waals surface area contributed by atoms with Gasteiger partial charge in [-0.05, 0) is 0 Å². The van der Waals surface area contributed by atoms with Gasteiger partial charge in [-0.15, -0.1) is 23.5 Å². The standard InChI is InChI=1S/C9H14O3S2/c1-12-8(11)3-2-7(10)6-9-13-4-5-14-9/h9H,2-6H2,1H3. The molecule has 0 aromatic rings. The summed E-state index contributed by atoms with van der Waals surface area (Å²) in [5, 5.41) is 0. The van der Waals surface area contributed by atoms with Gasteiger partial charge in [-0.3, -0.25) is 9.59 Å². The van der Waals surface area contributed by atoms with Crippen molar-refractivity contribution in [2.24, 2.45) is 0 Å². The molecular formula is C9H14O3S2. The third-order valence-corrected chi connectivity index (χ3v) is 4.95. The number of hydrogen-bond acceptors (Lipinski definition) is 5. The maximum Gasteiger partial charge on any atom is 0.305 e. The van der Waals surface area contributed by atoms with E-state index in [1.807, 2.05) is 23.5 Å². The van der Waals surface area contributed by atoms with Gasteiger partial charge in [0.1, 0.15) is 5.78 Å². The normalized spacial score (nSPS) is 16.9. The summed E-state index contributed by atoms with van der Waals surface area (Å²) in [6, 6.07) is 0. The first-order valence-electron chi connectivity index (χ1n) is 4.54. The lowest BCUT2D eigenvalue weighted by atomic mass is 10.2. The van der Waals surface area contributed by atoms with E-state index in [9.17, 15) is 9.59 Å². The molecule has 3 nitrogen and oxygen atoms in total. The van der Waals surface area contributed by atoms with E-state index in [0.717, 1.165) is 11.5 Å². The molecule has 0 N–H and O–H groups in total. The van der Waals surface area contributed by atoms with E-state index in [4.69, 9.17) is 0 Å². The molecule has 0 unspecified atom stereocenters. The van der Waals surface area contributed by atoms with Gasteiger partial charge >= 0.3 is 5.97 Å². The number of thioether (sulfide) groups is 2. The number of esters is 1. The molecule has 0 spiro atoms. The summed E-state index contributed by atoms with van der Waals surface area (Å²) >= 11 is 3.67. The number of Topliss-reactive ketones (excluding diaryl/α,β-unsaturated/α-hetero) is 1. The lowest BCUT2D eigenvalue weighted by molar-refractivity contribution is -0.141. The number of carbonyl (C=O) groups is 2. The minimum Gasteiger partial charge on any atom is -0.469 e. The first-order chi connectivity index (χ1) is 6.72. The van der Waals surface area contributed by atoms with Crippen molar-refractivity contribution in [2.75, 3.05) is 18.6 Å². The number of ketones is 1. The monoisotopic (exact) mass is 234 g/mol. The van der Waals surface area contributed by atoms with Crippen LogP contribution in [-0.4, -0.2) is 35.0 Å². The highest BCUT2D eigenvalue weighted by molar-refractivity contribution is 8.20. The topological polar surface area (TPSA) is 43.4 Å². The molecule has 1 fully saturated rings. The first-order valence-corrected chi connectivity index (χ1v) is 6.64. The lowest BCUT2D eigenvalue weighted by Crippen LogP contribution is -2.08. The maximum atomic E-state index is 11.4. The second-order valence-electron chi connectivity index (χ2n) is 2.99. The van der Waals surface area contributed by atoms with Crippen LogP contribution in [0.25, 0.3) is 0 Å². The molecule has 0 amide bonds. The summed E-state index contributed by atoms with van der Waals surface area (Å²) in [5.74, 6) is 2.14. The van der Waals surface area contributed by atoms with E-state index < -0.39 is 0 Å². The van der Waals surface area contributed by atoms with Crippen molar-refractivity contribution in [1.29, 1.82) is 0 Å². The third-order valence-electron chi connectivity index (χ3n) is 1.92. The summed E-state index contributed by atoms with van der Waals surface area (Å²) < 4.78 is 4.89. The molecule has 0 aliphatic carbocycles. The number of ether oxygens (including phenoxy) is 1. The van der Waals surface area contributed by atoms with Gasteiger partial charge in [0, 0.05) is 24.3 Å². The average molecular weight is 234 g/mol. The van der Waals surface area contributed by atoms with Crippen molar-refractivity contribution >= 4 is 35.3 Å². The largest absolute Gasteiger partial charge is 0.469 e. The summed E-state index contributed by atoms with van der Waals surface area (Å²) in [6.07, 6.45) is 1.13. The van der Waals surface area contributed by atoms with Gasteiger partial charge in [0.2, 0.25) is 0 Å². The quantitative estimate of drug-likeness (QED) is 0.677. The Bertz CT molecular complexity index is 212. The van der Waals surface area contributed by atoms with Gasteiger partial charge in [0.05, 0.1) is 18.1 Å². The minimum absolute atomic E-state index is 0.169. The van der Waals surface area contributed by atoms with E-state index in [1.54, 1.807) is 0 Å². The predicted molar refractivity (Wildman–Crippen MR) is 59.6 cm³/mol. The first kappa shape index (κ1) is 11.9. The fourth-order valence-corrected chi connectivity index (χ4v) is 4.02. The van der Waals surface area contributed by atoms with Crippen LogP contribution in [0, 0.1) is 0 Å². The van der Waals surface area contributed by atoms with E-state index in [2.05, 4.69) is 4.74 Å². The molecule has 1 rings (SSSR count). The molecule has 0 atom stereocenters. The highest BCUT2D eigenvalue weighted by Crippen LogP contribution is 2.34. The van der Waals surface area contributed by atoms with Crippen molar-refractivity contribution in [1.82, 2.24) is 0 Å². The van der Waals surface area contributed by atoms with Crippen LogP contribution < -0.4 is 0 Å². The fraction of sp³-hybridized carbons (Fsp3) is 0.778. The Hall–Kier alpha value is -0.160. The minimum atomic E-state index is -0.301.